The van der Waals surface area contributed by atoms with Crippen molar-refractivity contribution in [3.63, 3.8) is 0 Å². The van der Waals surface area contributed by atoms with E-state index in [1.165, 1.54) is 18.9 Å². The zero-order chi connectivity index (χ0) is 25.9. The number of imidazole rings is 1. The van der Waals surface area contributed by atoms with Crippen molar-refractivity contribution in [1.82, 2.24) is 24.9 Å². The molecule has 38 heavy (non-hydrogen) atoms. The van der Waals surface area contributed by atoms with Crippen molar-refractivity contribution < 1.29 is 4.39 Å². The highest BCUT2D eigenvalue weighted by Crippen LogP contribution is 2.36. The summed E-state index contributed by atoms with van der Waals surface area (Å²) in [6.07, 6.45) is 8.63. The average molecular weight is 514 g/mol. The summed E-state index contributed by atoms with van der Waals surface area (Å²) in [5.74, 6) is 1.68. The number of nitrogens with one attached hydrogen (secondary N) is 1. The van der Waals surface area contributed by atoms with E-state index in [0.29, 0.717) is 6.04 Å². The monoisotopic (exact) mass is 513 g/mol. The van der Waals surface area contributed by atoms with Crippen LogP contribution in [0.1, 0.15) is 57.1 Å². The lowest BCUT2D eigenvalue weighted by molar-refractivity contribution is 0.411. The summed E-state index contributed by atoms with van der Waals surface area (Å²) in [5.41, 5.74) is 3.53. The van der Waals surface area contributed by atoms with Crippen molar-refractivity contribution >= 4 is 17.3 Å². The van der Waals surface area contributed by atoms with Gasteiger partial charge in [0.05, 0.1) is 17.9 Å². The third-order valence-electron chi connectivity index (χ3n) is 7.91. The van der Waals surface area contributed by atoms with Crippen molar-refractivity contribution in [2.45, 2.75) is 57.5 Å². The first-order valence-corrected chi connectivity index (χ1v) is 14.0. The first-order valence-electron chi connectivity index (χ1n) is 14.0. The van der Waals surface area contributed by atoms with Crippen molar-refractivity contribution in [2.24, 2.45) is 0 Å². The van der Waals surface area contributed by atoms with Crippen LogP contribution in [0.25, 0.3) is 17.0 Å². The van der Waals surface area contributed by atoms with Crippen LogP contribution in [0.15, 0.2) is 60.8 Å². The summed E-state index contributed by atoms with van der Waals surface area (Å²) >= 11 is 0. The van der Waals surface area contributed by atoms with E-state index in [0.717, 1.165) is 86.1 Å². The van der Waals surface area contributed by atoms with Crippen molar-refractivity contribution in [3.05, 3.63) is 72.2 Å². The summed E-state index contributed by atoms with van der Waals surface area (Å²) in [5, 5.41) is 8.71. The lowest BCUT2D eigenvalue weighted by Gasteiger charge is -2.33. The van der Waals surface area contributed by atoms with Crippen LogP contribution in [0.4, 0.5) is 16.0 Å². The molecule has 198 valence electrons. The number of aromatic nitrogens is 4. The van der Waals surface area contributed by atoms with E-state index in [-0.39, 0.29) is 11.9 Å². The van der Waals surface area contributed by atoms with Gasteiger partial charge in [0.15, 0.2) is 5.65 Å². The predicted octanol–water partition coefficient (Wildman–Crippen LogP) is 5.63. The molecule has 2 fully saturated rings. The fourth-order valence-electron chi connectivity index (χ4n) is 5.83. The number of benzene rings is 1. The van der Waals surface area contributed by atoms with E-state index in [1.807, 2.05) is 35.0 Å². The number of rotatable bonds is 8. The Bertz CT molecular complexity index is 1380. The highest BCUT2D eigenvalue weighted by molar-refractivity contribution is 5.62. The summed E-state index contributed by atoms with van der Waals surface area (Å²) in [4.78, 5) is 14.3. The first kappa shape index (κ1) is 24.8. The first-order chi connectivity index (χ1) is 18.7. The molecule has 2 aliphatic rings. The topological polar surface area (TPSA) is 61.6 Å². The molecule has 0 aliphatic carbocycles. The van der Waals surface area contributed by atoms with Crippen LogP contribution >= 0.6 is 0 Å². The predicted molar refractivity (Wildman–Crippen MR) is 150 cm³/mol. The SMILES string of the molecule is CCCCNC1CCN(c2cccc(-c3cnc4ccc(N5CCCC5c5cccc(F)c5)nn34)n2)CC1. The van der Waals surface area contributed by atoms with Crippen LogP contribution in [0, 0.1) is 5.82 Å². The van der Waals surface area contributed by atoms with Gasteiger partial charge in [-0.05, 0) is 80.6 Å². The van der Waals surface area contributed by atoms with Crippen molar-refractivity contribution in [3.8, 4) is 11.4 Å². The standard InChI is InChI=1S/C30H36FN7/c1-2-3-16-32-24-14-18-36(19-15-24)29-11-5-9-25(34-29)27-21-33-28-12-13-30(35-38(27)28)37-17-6-10-26(37)22-7-4-8-23(31)20-22/h4-5,7-9,11-13,20-21,24,26,32H,2-3,6,10,14-19H2,1H3. The Balaban J connectivity index is 1.23. The van der Waals surface area contributed by atoms with Gasteiger partial charge in [-0.3, -0.25) is 0 Å². The molecule has 1 N–H and O–H groups in total. The maximum atomic E-state index is 13.9. The van der Waals surface area contributed by atoms with Crippen LogP contribution < -0.4 is 15.1 Å². The van der Waals surface area contributed by atoms with Gasteiger partial charge in [0.1, 0.15) is 23.1 Å². The summed E-state index contributed by atoms with van der Waals surface area (Å²) in [6, 6.07) is 17.9. The van der Waals surface area contributed by atoms with Crippen LogP contribution in [0.3, 0.4) is 0 Å². The maximum Gasteiger partial charge on any atom is 0.154 e. The molecule has 6 rings (SSSR count). The van der Waals surface area contributed by atoms with Gasteiger partial charge in [0.25, 0.3) is 0 Å². The fourth-order valence-corrected chi connectivity index (χ4v) is 5.83. The average Bonchev–Trinajstić information content (AvgIpc) is 3.61. The number of halogens is 1. The van der Waals surface area contributed by atoms with Gasteiger partial charge in [-0.15, -0.1) is 5.10 Å². The van der Waals surface area contributed by atoms with Crippen molar-refractivity contribution in [2.75, 3.05) is 36.0 Å². The third-order valence-corrected chi connectivity index (χ3v) is 7.91. The Hall–Kier alpha value is -3.52. The van der Waals surface area contributed by atoms with Gasteiger partial charge in [0, 0.05) is 25.7 Å². The highest BCUT2D eigenvalue weighted by Gasteiger charge is 2.28. The molecule has 7 nitrogen and oxygen atoms in total. The normalized spacial score (nSPS) is 18.5. The van der Waals surface area contributed by atoms with Gasteiger partial charge in [-0.25, -0.2) is 18.9 Å². The van der Waals surface area contributed by atoms with Gasteiger partial charge >= 0.3 is 0 Å². The summed E-state index contributed by atoms with van der Waals surface area (Å²) in [7, 11) is 0. The highest BCUT2D eigenvalue weighted by atomic mass is 19.1. The Morgan fingerprint density at radius 2 is 1.84 bits per heavy atom. The molecule has 0 spiro atoms. The maximum absolute atomic E-state index is 13.9. The Labute approximate surface area is 223 Å². The van der Waals surface area contributed by atoms with Crippen LogP contribution in [-0.2, 0) is 0 Å². The number of piperidine rings is 1. The molecule has 1 atom stereocenters. The zero-order valence-corrected chi connectivity index (χ0v) is 22.1. The quantitative estimate of drug-likeness (QED) is 0.308. The molecule has 5 heterocycles. The lowest BCUT2D eigenvalue weighted by atomic mass is 10.0. The number of fused-ring (bicyclic) bond motifs is 1. The molecular weight excluding hydrogens is 477 g/mol. The Morgan fingerprint density at radius 3 is 2.68 bits per heavy atom. The van der Waals surface area contributed by atoms with E-state index in [2.05, 4.69) is 39.2 Å². The number of hydrogen-bond acceptors (Lipinski definition) is 6. The van der Waals surface area contributed by atoms with Crippen LogP contribution in [0.5, 0.6) is 0 Å². The van der Waals surface area contributed by atoms with Gasteiger partial charge < -0.3 is 15.1 Å². The van der Waals surface area contributed by atoms with E-state index in [9.17, 15) is 4.39 Å². The minimum Gasteiger partial charge on any atom is -0.356 e. The molecule has 2 aliphatic heterocycles. The van der Waals surface area contributed by atoms with Crippen molar-refractivity contribution in [1.29, 1.82) is 0 Å². The number of unbranched alkanes of at least 4 members (excludes halogenated alkanes) is 1. The largest absolute Gasteiger partial charge is 0.356 e. The fraction of sp³-hybridized carbons (Fsp3) is 0.433. The molecule has 0 bridgehead atoms. The molecule has 0 radical (unpaired) electrons. The van der Waals surface area contributed by atoms with E-state index >= 15 is 0 Å². The molecule has 1 unspecified atom stereocenters. The van der Waals surface area contributed by atoms with Gasteiger partial charge in [-0.2, -0.15) is 0 Å². The van der Waals surface area contributed by atoms with E-state index < -0.39 is 0 Å². The third kappa shape index (κ3) is 5.10. The molecule has 2 saturated heterocycles. The Morgan fingerprint density at radius 1 is 0.974 bits per heavy atom. The molecule has 0 saturated carbocycles. The molecule has 3 aromatic heterocycles. The minimum absolute atomic E-state index is 0.114. The molecule has 8 heteroatoms. The molecule has 1 aromatic carbocycles. The zero-order valence-electron chi connectivity index (χ0n) is 22.1. The van der Waals surface area contributed by atoms with E-state index in [1.54, 1.807) is 12.1 Å². The minimum atomic E-state index is -0.197. The second-order valence-corrected chi connectivity index (χ2v) is 10.5. The van der Waals surface area contributed by atoms with Crippen LogP contribution in [0.2, 0.25) is 0 Å². The molecule has 4 aromatic rings. The summed E-state index contributed by atoms with van der Waals surface area (Å²) in [6.45, 7) is 6.25. The molecule has 0 amide bonds. The molecular formula is C30H36FN7. The number of nitrogens with zero attached hydrogens (tertiary/aromatic N) is 6. The Kier molecular flexibility index (Phi) is 7.22. The van der Waals surface area contributed by atoms with E-state index in [4.69, 9.17) is 10.1 Å². The second kappa shape index (κ2) is 11.1. The van der Waals surface area contributed by atoms with Gasteiger partial charge in [-0.1, -0.05) is 31.5 Å². The van der Waals surface area contributed by atoms with Crippen LogP contribution in [-0.4, -0.2) is 51.8 Å². The lowest BCUT2D eigenvalue weighted by Crippen LogP contribution is -2.43. The number of pyridine rings is 1. The second-order valence-electron chi connectivity index (χ2n) is 10.5. The van der Waals surface area contributed by atoms with Gasteiger partial charge in [0.2, 0.25) is 0 Å². The number of anilines is 2. The summed E-state index contributed by atoms with van der Waals surface area (Å²) < 4.78 is 15.8. The number of hydrogen-bond donors (Lipinski definition) is 1. The smallest absolute Gasteiger partial charge is 0.154 e.